The van der Waals surface area contributed by atoms with Crippen LogP contribution in [-0.4, -0.2) is 204 Å². The van der Waals surface area contributed by atoms with E-state index < -0.39 is 156 Å². The van der Waals surface area contributed by atoms with Crippen molar-refractivity contribution in [1.82, 2.24) is 0 Å². The number of aliphatic hydroxyl groups is 10. The number of phosphoric ester groups is 1. The van der Waals surface area contributed by atoms with Crippen LogP contribution in [0.4, 0.5) is 0 Å². The van der Waals surface area contributed by atoms with Crippen molar-refractivity contribution in [2.24, 2.45) is 0 Å². The fraction of sp³-hybridized carbons (Fsp3) is 0.871. The van der Waals surface area contributed by atoms with Gasteiger partial charge in [-0.25, -0.2) is 9.36 Å². The van der Waals surface area contributed by atoms with E-state index in [4.69, 9.17) is 42.2 Å². The molecule has 24 nitrogen and oxygen atoms in total. The van der Waals surface area contributed by atoms with Crippen LogP contribution in [0, 0.1) is 0 Å². The lowest BCUT2D eigenvalue weighted by atomic mass is 9.84. The van der Waals surface area contributed by atoms with Gasteiger partial charge in [-0.05, 0) is 51.4 Å². The second kappa shape index (κ2) is 52.2. The Morgan fingerprint density at radius 1 is 0.432 bits per heavy atom. The van der Waals surface area contributed by atoms with Crippen molar-refractivity contribution in [1.29, 1.82) is 0 Å². The first kappa shape index (κ1) is 86.4. The van der Waals surface area contributed by atoms with Crippen LogP contribution in [0.5, 0.6) is 0 Å². The van der Waals surface area contributed by atoms with Gasteiger partial charge in [0.05, 0.1) is 13.2 Å². The molecule has 0 aromatic heterocycles. The van der Waals surface area contributed by atoms with E-state index in [0.29, 0.717) is 19.3 Å². The molecule has 3 aliphatic rings. The second-order valence-corrected chi connectivity index (χ2v) is 27.4. The standard InChI is InChI=1S/C70H125O24P/c1-4-7-10-13-16-19-22-25-26-28-30-33-35-38-41-44-54(72)86-48-51(89-56(74)46-43-40-37-34-31-27-23-20-17-14-11-8-5-2)49-88-95(84,85)94-68-66(92-69-64(82)59(77)57(75)52(47-71)90-69)62(80)61(79)63(81)67(68)93-70-65(83)60(78)58(76)53(91-70)50-87-55(73)45-42-39-36-32-29-24-21-18-15-12-9-6-3/h27,31,35,38,41,44,51-53,57-71,75-83H,4-26,28-30,32-34,36-37,39-40,42-43,45-50H2,1-3H3,(H,84,85)/b31-27-,38-35+,44-41+. The minimum atomic E-state index is -5.72. The Morgan fingerprint density at radius 3 is 1.28 bits per heavy atom. The molecule has 3 rings (SSSR count). The van der Waals surface area contributed by atoms with Crippen LogP contribution in [0.1, 0.15) is 258 Å². The fourth-order valence-corrected chi connectivity index (χ4v) is 12.7. The van der Waals surface area contributed by atoms with Crippen LogP contribution in [-0.2, 0) is 61.2 Å². The molecule has 0 aromatic rings. The number of hydrogen-bond acceptors (Lipinski definition) is 23. The number of carbonyl (C=O) groups is 3. The number of carbonyl (C=O) groups excluding carboxylic acids is 3. The molecule has 0 amide bonds. The summed E-state index contributed by atoms with van der Waals surface area (Å²) in [5, 5.41) is 110. The van der Waals surface area contributed by atoms with E-state index in [2.05, 4.69) is 32.9 Å². The predicted molar refractivity (Wildman–Crippen MR) is 356 cm³/mol. The summed E-state index contributed by atoms with van der Waals surface area (Å²) >= 11 is 0. The van der Waals surface area contributed by atoms with Crippen molar-refractivity contribution >= 4 is 25.7 Å². The summed E-state index contributed by atoms with van der Waals surface area (Å²) in [6.45, 7) is 3.28. The Kier molecular flexibility index (Phi) is 47.5. The maximum absolute atomic E-state index is 14.3. The van der Waals surface area contributed by atoms with Crippen molar-refractivity contribution in [3.63, 3.8) is 0 Å². The van der Waals surface area contributed by atoms with E-state index in [0.717, 1.165) is 89.5 Å². The molecule has 0 spiro atoms. The first-order valence-electron chi connectivity index (χ1n) is 36.3. The first-order valence-corrected chi connectivity index (χ1v) is 37.8. The van der Waals surface area contributed by atoms with Crippen LogP contribution >= 0.6 is 7.82 Å². The number of phosphoric acid groups is 1. The lowest BCUT2D eigenvalue weighted by Gasteiger charge is -2.49. The molecular weight excluding hydrogens is 1260 g/mol. The summed E-state index contributed by atoms with van der Waals surface area (Å²) < 4.78 is 64.6. The van der Waals surface area contributed by atoms with Gasteiger partial charge in [-0.15, -0.1) is 0 Å². The summed E-state index contributed by atoms with van der Waals surface area (Å²) in [4.78, 5) is 50.7. The molecular formula is C70H125O24P. The van der Waals surface area contributed by atoms with Crippen molar-refractivity contribution in [2.45, 2.75) is 362 Å². The lowest BCUT2D eigenvalue weighted by molar-refractivity contribution is -0.360. The molecule has 0 aromatic carbocycles. The second-order valence-electron chi connectivity index (χ2n) is 26.0. The van der Waals surface area contributed by atoms with Crippen molar-refractivity contribution in [3.05, 3.63) is 36.5 Å². The van der Waals surface area contributed by atoms with Crippen LogP contribution in [0.2, 0.25) is 0 Å². The van der Waals surface area contributed by atoms with Gasteiger partial charge in [0.1, 0.15) is 98.7 Å². The highest BCUT2D eigenvalue weighted by Crippen LogP contribution is 2.49. The Balaban J connectivity index is 1.78. The number of esters is 3. The van der Waals surface area contributed by atoms with E-state index in [1.165, 1.54) is 128 Å². The van der Waals surface area contributed by atoms with Gasteiger partial charge in [0.25, 0.3) is 0 Å². The Labute approximate surface area is 566 Å². The average molecular weight is 1380 g/mol. The van der Waals surface area contributed by atoms with Gasteiger partial charge < -0.3 is 89.1 Å². The number of allylic oxidation sites excluding steroid dienone is 5. The molecule has 2 heterocycles. The maximum atomic E-state index is 14.3. The molecule has 1 aliphatic carbocycles. The highest BCUT2D eigenvalue weighted by atomic mass is 31.2. The Morgan fingerprint density at radius 2 is 0.821 bits per heavy atom. The predicted octanol–water partition coefficient (Wildman–Crippen LogP) is 9.12. The monoisotopic (exact) mass is 1380 g/mol. The number of hydrogen-bond donors (Lipinski definition) is 11. The highest BCUT2D eigenvalue weighted by Gasteiger charge is 2.58. The number of rotatable bonds is 55. The Hall–Kier alpha value is -2.82. The van der Waals surface area contributed by atoms with Gasteiger partial charge in [0.15, 0.2) is 18.7 Å². The Bertz CT molecular complexity index is 2120. The van der Waals surface area contributed by atoms with Crippen molar-refractivity contribution < 1.29 is 117 Å². The van der Waals surface area contributed by atoms with Gasteiger partial charge >= 0.3 is 25.7 Å². The highest BCUT2D eigenvalue weighted by molar-refractivity contribution is 7.47. The smallest absolute Gasteiger partial charge is 0.463 e. The van der Waals surface area contributed by atoms with E-state index in [-0.39, 0.29) is 12.8 Å². The zero-order chi connectivity index (χ0) is 69.6. The van der Waals surface area contributed by atoms with Crippen LogP contribution in [0.25, 0.3) is 0 Å². The lowest BCUT2D eigenvalue weighted by Crippen LogP contribution is -2.69. The normalized spacial score (nSPS) is 28.3. The third kappa shape index (κ3) is 35.9. The maximum Gasteiger partial charge on any atom is 0.472 e. The van der Waals surface area contributed by atoms with Crippen LogP contribution in [0.15, 0.2) is 36.5 Å². The van der Waals surface area contributed by atoms with Gasteiger partial charge in [-0.2, -0.15) is 0 Å². The van der Waals surface area contributed by atoms with E-state index in [1.807, 2.05) is 6.08 Å². The summed E-state index contributed by atoms with van der Waals surface area (Å²) in [5.41, 5.74) is 0. The number of ether oxygens (including phenoxy) is 7. The summed E-state index contributed by atoms with van der Waals surface area (Å²) in [5.74, 6) is -2.27. The molecule has 1 saturated carbocycles. The molecule has 11 N–H and O–H groups in total. The van der Waals surface area contributed by atoms with E-state index in [9.17, 15) is 74.9 Å². The molecule has 554 valence electrons. The zero-order valence-electron chi connectivity index (χ0n) is 57.4. The van der Waals surface area contributed by atoms with Crippen molar-refractivity contribution in [3.8, 4) is 0 Å². The third-order valence-electron chi connectivity index (χ3n) is 17.7. The first-order chi connectivity index (χ1) is 45.8. The van der Waals surface area contributed by atoms with Crippen LogP contribution < -0.4 is 0 Å². The van der Waals surface area contributed by atoms with Gasteiger partial charge in [-0.1, -0.05) is 225 Å². The molecule has 2 aliphatic heterocycles. The molecule has 0 bridgehead atoms. The molecule has 2 saturated heterocycles. The zero-order valence-corrected chi connectivity index (χ0v) is 58.3. The van der Waals surface area contributed by atoms with Crippen LogP contribution in [0.3, 0.4) is 0 Å². The SMILES string of the molecule is CCCCCCCC/C=C\CCCCCC(=O)OC(COC(=O)/C=C/C=C/CCCCCCCCCCCCC)COP(=O)(O)OC1C(OC2OC(CO)C(O)C(O)C2O)C(O)C(O)C(O)C1OC1OC(COC(=O)CCCCCCCCCCCCCC)C(O)C(O)C1O. The number of aliphatic hydroxyl groups excluding tert-OH is 10. The quantitative estimate of drug-likeness (QED) is 0.00514. The molecule has 3 fully saturated rings. The summed E-state index contributed by atoms with van der Waals surface area (Å²) in [6, 6.07) is 0. The van der Waals surface area contributed by atoms with Gasteiger partial charge in [0.2, 0.25) is 0 Å². The molecule has 25 heteroatoms. The minimum Gasteiger partial charge on any atom is -0.463 e. The topological polar surface area (TPSA) is 374 Å². The molecule has 95 heavy (non-hydrogen) atoms. The third-order valence-corrected chi connectivity index (χ3v) is 18.7. The minimum absolute atomic E-state index is 0.0265. The van der Waals surface area contributed by atoms with Gasteiger partial charge in [0, 0.05) is 18.9 Å². The van der Waals surface area contributed by atoms with Gasteiger partial charge in [-0.3, -0.25) is 18.6 Å². The average Bonchev–Trinajstić information content (AvgIpc) is 0.764. The molecule has 0 radical (unpaired) electrons. The largest absolute Gasteiger partial charge is 0.472 e. The fourth-order valence-electron chi connectivity index (χ4n) is 11.8. The van der Waals surface area contributed by atoms with E-state index in [1.54, 1.807) is 6.08 Å². The number of unbranched alkanes of at least 4 members (excludes halogenated alkanes) is 31. The summed E-state index contributed by atoms with van der Waals surface area (Å²) in [7, 11) is -5.72. The van der Waals surface area contributed by atoms with E-state index >= 15 is 0 Å². The summed E-state index contributed by atoms with van der Waals surface area (Å²) in [6.07, 6.45) is 13.0. The molecule has 18 atom stereocenters. The molecule has 18 unspecified atom stereocenters. The van der Waals surface area contributed by atoms with Crippen molar-refractivity contribution in [2.75, 3.05) is 26.4 Å².